The first-order valence-corrected chi connectivity index (χ1v) is 10.5. The van der Waals surface area contributed by atoms with Gasteiger partial charge in [0.15, 0.2) is 0 Å². The van der Waals surface area contributed by atoms with E-state index in [0.717, 1.165) is 22.3 Å². The Labute approximate surface area is 188 Å². The summed E-state index contributed by atoms with van der Waals surface area (Å²) in [6.07, 6.45) is 0. The summed E-state index contributed by atoms with van der Waals surface area (Å²) in [5.74, 6) is -0.149. The predicted molar refractivity (Wildman–Crippen MR) is 128 cm³/mol. The average molecular weight is 427 g/mol. The summed E-state index contributed by atoms with van der Waals surface area (Å²) in [6, 6.07) is 18.9. The summed E-state index contributed by atoms with van der Waals surface area (Å²) in [5.41, 5.74) is 6.62. The van der Waals surface area contributed by atoms with Crippen molar-refractivity contribution in [1.82, 2.24) is 0 Å². The zero-order chi connectivity index (χ0) is 23.0. The molecule has 1 N–H and O–H groups in total. The number of methoxy groups -OCH3 is 1. The summed E-state index contributed by atoms with van der Waals surface area (Å²) in [6.45, 7) is 7.92. The molecule has 2 amide bonds. The molecule has 0 fully saturated rings. The smallest absolute Gasteiger partial charge is 0.282 e. The third kappa shape index (κ3) is 3.78. The molecule has 1 aliphatic heterocycles. The van der Waals surface area contributed by atoms with E-state index in [1.54, 1.807) is 7.11 Å². The van der Waals surface area contributed by atoms with Crippen LogP contribution in [0, 0.1) is 27.7 Å². The molecular formula is C27H26N2O3. The van der Waals surface area contributed by atoms with E-state index in [2.05, 4.69) is 5.32 Å². The molecule has 0 saturated heterocycles. The highest BCUT2D eigenvalue weighted by molar-refractivity contribution is 6.46. The molecule has 3 aromatic rings. The van der Waals surface area contributed by atoms with Crippen molar-refractivity contribution in [1.29, 1.82) is 0 Å². The highest BCUT2D eigenvalue weighted by Crippen LogP contribution is 2.36. The first-order valence-electron chi connectivity index (χ1n) is 10.5. The molecule has 1 aliphatic rings. The normalized spacial score (nSPS) is 13.7. The number of carbonyl (C=O) groups excluding carboxylic acids is 2. The summed E-state index contributed by atoms with van der Waals surface area (Å²) >= 11 is 0. The van der Waals surface area contributed by atoms with Crippen molar-refractivity contribution in [3.05, 3.63) is 94.2 Å². The maximum Gasteiger partial charge on any atom is 0.282 e. The summed E-state index contributed by atoms with van der Waals surface area (Å²) in [5, 5.41) is 3.19. The maximum atomic E-state index is 13.7. The molecule has 0 aliphatic carbocycles. The summed E-state index contributed by atoms with van der Waals surface area (Å²) in [7, 11) is 1.57. The van der Waals surface area contributed by atoms with Crippen LogP contribution in [0.4, 0.5) is 11.4 Å². The minimum atomic E-state index is -0.390. The van der Waals surface area contributed by atoms with Crippen LogP contribution in [0.3, 0.4) is 0 Å². The van der Waals surface area contributed by atoms with E-state index in [1.807, 2.05) is 88.4 Å². The second-order valence-electron chi connectivity index (χ2n) is 8.17. The SMILES string of the molecule is COc1ccccc1NC1=C(c2ccc(C)c(C)c2)C(=O)N(c2cc(C)cc(C)c2)C1=O. The number of amides is 2. The summed E-state index contributed by atoms with van der Waals surface area (Å²) in [4.78, 5) is 28.5. The Balaban J connectivity index is 1.88. The van der Waals surface area contributed by atoms with Crippen LogP contribution in [0.1, 0.15) is 27.8 Å². The van der Waals surface area contributed by atoms with Gasteiger partial charge < -0.3 is 10.1 Å². The molecule has 4 rings (SSSR count). The molecular weight excluding hydrogens is 400 g/mol. The second-order valence-corrected chi connectivity index (χ2v) is 8.17. The van der Waals surface area contributed by atoms with Crippen LogP contribution in [-0.4, -0.2) is 18.9 Å². The zero-order valence-electron chi connectivity index (χ0n) is 18.9. The van der Waals surface area contributed by atoms with Crippen LogP contribution in [-0.2, 0) is 9.59 Å². The molecule has 0 aromatic heterocycles. The molecule has 1 heterocycles. The lowest BCUT2D eigenvalue weighted by molar-refractivity contribution is -0.120. The number of nitrogens with one attached hydrogen (secondary N) is 1. The van der Waals surface area contributed by atoms with Gasteiger partial charge in [-0.3, -0.25) is 9.59 Å². The minimum Gasteiger partial charge on any atom is -0.495 e. The van der Waals surface area contributed by atoms with Gasteiger partial charge in [0.2, 0.25) is 0 Å². The largest absolute Gasteiger partial charge is 0.495 e. The Kier molecular flexibility index (Phi) is 5.57. The third-order valence-electron chi connectivity index (χ3n) is 5.71. The number of anilines is 2. The van der Waals surface area contributed by atoms with Crippen molar-refractivity contribution < 1.29 is 14.3 Å². The van der Waals surface area contributed by atoms with E-state index in [1.165, 1.54) is 4.90 Å². The number of hydrogen-bond acceptors (Lipinski definition) is 4. The topological polar surface area (TPSA) is 58.6 Å². The van der Waals surface area contributed by atoms with Crippen molar-refractivity contribution >= 4 is 28.8 Å². The number of benzene rings is 3. The Morgan fingerprint density at radius 3 is 2.12 bits per heavy atom. The highest BCUT2D eigenvalue weighted by atomic mass is 16.5. The van der Waals surface area contributed by atoms with Gasteiger partial charge in [0.1, 0.15) is 11.4 Å². The van der Waals surface area contributed by atoms with Crippen molar-refractivity contribution in [3.63, 3.8) is 0 Å². The number of hydrogen-bond donors (Lipinski definition) is 1. The fourth-order valence-corrected chi connectivity index (χ4v) is 4.01. The van der Waals surface area contributed by atoms with Gasteiger partial charge in [0.25, 0.3) is 11.8 Å². The Morgan fingerprint density at radius 2 is 1.47 bits per heavy atom. The van der Waals surface area contributed by atoms with Crippen LogP contribution in [0.5, 0.6) is 5.75 Å². The van der Waals surface area contributed by atoms with Gasteiger partial charge in [-0.2, -0.15) is 0 Å². The Morgan fingerprint density at radius 1 is 0.781 bits per heavy atom. The second kappa shape index (κ2) is 8.35. The minimum absolute atomic E-state index is 0.238. The lowest BCUT2D eigenvalue weighted by atomic mass is 9.99. The molecule has 0 bridgehead atoms. The summed E-state index contributed by atoms with van der Waals surface area (Å²) < 4.78 is 5.44. The maximum absolute atomic E-state index is 13.7. The van der Waals surface area contributed by atoms with Gasteiger partial charge in [-0.15, -0.1) is 0 Å². The number of carbonyl (C=O) groups is 2. The molecule has 0 radical (unpaired) electrons. The molecule has 5 heteroatoms. The van der Waals surface area contributed by atoms with Gasteiger partial charge in [0.05, 0.1) is 24.1 Å². The predicted octanol–water partition coefficient (Wildman–Crippen LogP) is 5.33. The first kappa shape index (κ1) is 21.4. The molecule has 0 atom stereocenters. The van der Waals surface area contributed by atoms with Gasteiger partial charge in [-0.1, -0.05) is 36.4 Å². The number of ether oxygens (including phenoxy) is 1. The number of rotatable bonds is 5. The Hall–Kier alpha value is -3.86. The monoisotopic (exact) mass is 426 g/mol. The van der Waals surface area contributed by atoms with Gasteiger partial charge in [-0.25, -0.2) is 4.90 Å². The van der Waals surface area contributed by atoms with Crippen LogP contribution in [0.2, 0.25) is 0 Å². The lowest BCUT2D eigenvalue weighted by Gasteiger charge is -2.17. The zero-order valence-corrected chi connectivity index (χ0v) is 18.9. The number of para-hydroxylation sites is 2. The van der Waals surface area contributed by atoms with E-state index in [-0.39, 0.29) is 17.5 Å². The third-order valence-corrected chi connectivity index (χ3v) is 5.71. The van der Waals surface area contributed by atoms with Crippen LogP contribution >= 0.6 is 0 Å². The quantitative estimate of drug-likeness (QED) is 0.561. The van der Waals surface area contributed by atoms with E-state index in [4.69, 9.17) is 4.74 Å². The highest BCUT2D eigenvalue weighted by Gasteiger charge is 2.40. The van der Waals surface area contributed by atoms with Gasteiger partial charge >= 0.3 is 0 Å². The van der Waals surface area contributed by atoms with Crippen molar-refractivity contribution in [2.24, 2.45) is 0 Å². The van der Waals surface area contributed by atoms with Gasteiger partial charge in [-0.05, 0) is 79.8 Å². The van der Waals surface area contributed by atoms with Crippen molar-refractivity contribution in [2.45, 2.75) is 27.7 Å². The number of nitrogens with zero attached hydrogens (tertiary/aromatic N) is 1. The molecule has 3 aromatic carbocycles. The standard InChI is InChI=1S/C27H26N2O3/c1-16-12-17(2)14-21(13-16)29-26(30)24(20-11-10-18(3)19(4)15-20)25(27(29)31)28-22-8-6-7-9-23(22)32-5/h6-15,28H,1-5H3. The number of aryl methyl sites for hydroxylation is 4. The van der Waals surface area contributed by atoms with E-state index >= 15 is 0 Å². The first-order chi connectivity index (χ1) is 15.3. The number of imide groups is 1. The van der Waals surface area contributed by atoms with Crippen molar-refractivity contribution in [2.75, 3.05) is 17.3 Å². The van der Waals surface area contributed by atoms with Crippen LogP contribution < -0.4 is 15.0 Å². The van der Waals surface area contributed by atoms with Gasteiger partial charge in [0, 0.05) is 0 Å². The Bertz CT molecular complexity index is 1250. The van der Waals surface area contributed by atoms with E-state index < -0.39 is 0 Å². The van der Waals surface area contributed by atoms with Crippen LogP contribution in [0.25, 0.3) is 5.57 Å². The average Bonchev–Trinajstić information content (AvgIpc) is 2.99. The fourth-order valence-electron chi connectivity index (χ4n) is 4.01. The van der Waals surface area contributed by atoms with Crippen molar-refractivity contribution in [3.8, 4) is 5.75 Å². The lowest BCUT2D eigenvalue weighted by Crippen LogP contribution is -2.32. The molecule has 0 spiro atoms. The molecule has 162 valence electrons. The van der Waals surface area contributed by atoms with Crippen LogP contribution in [0.15, 0.2) is 66.4 Å². The molecule has 32 heavy (non-hydrogen) atoms. The fraction of sp³-hybridized carbons (Fsp3) is 0.185. The molecule has 5 nitrogen and oxygen atoms in total. The van der Waals surface area contributed by atoms with E-state index in [0.29, 0.717) is 28.3 Å². The molecule has 0 saturated carbocycles. The van der Waals surface area contributed by atoms with E-state index in [9.17, 15) is 9.59 Å². The molecule has 0 unspecified atom stereocenters.